The van der Waals surface area contributed by atoms with Crippen molar-refractivity contribution in [3.8, 4) is 11.5 Å². The molecule has 11 heteroatoms. The number of imide groups is 2. The van der Waals surface area contributed by atoms with Gasteiger partial charge in [-0.3, -0.25) is 24.1 Å². The molecule has 42 heavy (non-hydrogen) atoms. The number of ether oxygens (including phenoxy) is 1. The Labute approximate surface area is 252 Å². The van der Waals surface area contributed by atoms with Gasteiger partial charge in [-0.25, -0.2) is 9.29 Å². The van der Waals surface area contributed by atoms with Gasteiger partial charge in [0.15, 0.2) is 21.2 Å². The second-order valence-electron chi connectivity index (χ2n) is 12.3. The molecule has 0 aromatic heterocycles. The van der Waals surface area contributed by atoms with Gasteiger partial charge in [0, 0.05) is 17.0 Å². The third kappa shape index (κ3) is 3.59. The molecule has 2 saturated heterocycles. The van der Waals surface area contributed by atoms with Gasteiger partial charge in [0.05, 0.1) is 24.6 Å². The maximum atomic E-state index is 14.3. The highest BCUT2D eigenvalue weighted by Crippen LogP contribution is 2.66. The first-order chi connectivity index (χ1) is 19.7. The normalized spacial score (nSPS) is 32.5. The van der Waals surface area contributed by atoms with Crippen molar-refractivity contribution < 1.29 is 33.4 Å². The van der Waals surface area contributed by atoms with E-state index in [0.717, 1.165) is 17.0 Å². The van der Waals surface area contributed by atoms with E-state index >= 15 is 0 Å². The molecular weight excluding hydrogens is 586 g/mol. The lowest BCUT2D eigenvalue weighted by atomic mass is 9.56. The zero-order chi connectivity index (χ0) is 30.5. The highest BCUT2D eigenvalue weighted by atomic mass is 35.5. The smallest absolute Gasteiger partial charge is 0.258 e. The topological polar surface area (TPSA) is 104 Å². The number of methoxy groups -OCH3 is 1. The van der Waals surface area contributed by atoms with Crippen LogP contribution >= 0.6 is 23.2 Å². The zero-order valence-corrected chi connectivity index (χ0v) is 24.9. The number of amides is 4. The number of hydrogen-bond acceptors (Lipinski definition) is 6. The van der Waals surface area contributed by atoms with E-state index in [0.29, 0.717) is 5.57 Å². The van der Waals surface area contributed by atoms with Crippen LogP contribution in [0.15, 0.2) is 54.1 Å². The van der Waals surface area contributed by atoms with Crippen LogP contribution in [0, 0.1) is 23.6 Å². The number of nitrogens with zero attached hydrogens (tertiary/aromatic N) is 2. The number of para-hydroxylation sites is 1. The van der Waals surface area contributed by atoms with Gasteiger partial charge in [0.25, 0.3) is 11.8 Å². The number of alkyl halides is 2. The van der Waals surface area contributed by atoms with Gasteiger partial charge >= 0.3 is 0 Å². The molecule has 2 aromatic carbocycles. The maximum Gasteiger partial charge on any atom is 0.258 e. The number of phenolic OH excluding ortho intramolecular Hbond substituents is 1. The molecule has 3 fully saturated rings. The number of carbonyl (C=O) groups excluding carboxylic acids is 4. The molecule has 8 nitrogen and oxygen atoms in total. The molecule has 6 atom stereocenters. The second-order valence-corrected chi connectivity index (χ2v) is 13.6. The molecule has 4 aliphatic rings. The number of carbonyl (C=O) groups is 4. The molecule has 2 heterocycles. The predicted molar refractivity (Wildman–Crippen MR) is 153 cm³/mol. The summed E-state index contributed by atoms with van der Waals surface area (Å²) < 4.78 is 19.1. The highest BCUT2D eigenvalue weighted by Gasteiger charge is 2.77. The summed E-state index contributed by atoms with van der Waals surface area (Å²) in [7, 11) is 1.37. The number of likely N-dealkylation sites (tertiary alicyclic amines) is 1. The Kier molecular flexibility index (Phi) is 6.34. The summed E-state index contributed by atoms with van der Waals surface area (Å²) in [6, 6.07) is 9.51. The number of aromatic hydroxyl groups is 1. The van der Waals surface area contributed by atoms with Crippen LogP contribution in [0.25, 0.3) is 0 Å². The Balaban J connectivity index is 1.58. The number of allylic oxidation sites excluding steroid dienone is 2. The summed E-state index contributed by atoms with van der Waals surface area (Å²) in [6.45, 7) is 5.33. The van der Waals surface area contributed by atoms with Gasteiger partial charge in [-0.2, -0.15) is 0 Å². The van der Waals surface area contributed by atoms with Crippen molar-refractivity contribution in [3.63, 3.8) is 0 Å². The zero-order valence-electron chi connectivity index (χ0n) is 23.4. The number of halogens is 3. The van der Waals surface area contributed by atoms with Gasteiger partial charge in [-0.15, -0.1) is 23.2 Å². The fourth-order valence-electron chi connectivity index (χ4n) is 7.34. The first kappa shape index (κ1) is 28.7. The van der Waals surface area contributed by atoms with Crippen molar-refractivity contribution in [3.05, 3.63) is 65.5 Å². The summed E-state index contributed by atoms with van der Waals surface area (Å²) in [5.74, 6) is -6.51. The van der Waals surface area contributed by atoms with Crippen LogP contribution in [0.5, 0.6) is 11.5 Å². The molecule has 2 aliphatic heterocycles. The summed E-state index contributed by atoms with van der Waals surface area (Å²) in [5, 5.41) is 11.3. The molecule has 1 saturated carbocycles. The molecule has 6 rings (SSSR count). The fraction of sp³-hybridized carbons (Fsp3) is 0.419. The lowest BCUT2D eigenvalue weighted by Gasteiger charge is -2.50. The average Bonchev–Trinajstić information content (AvgIpc) is 3.28. The number of fused-ring (bicyclic) bond motifs is 4. The molecule has 2 aliphatic carbocycles. The fourth-order valence-corrected chi connectivity index (χ4v) is 8.27. The standard InChI is InChI=1S/C31H29Cl2FN2O6/c1-29(2,3)36-25(38)18-13-12-17-20(22(18)26(36)39)14-30(32)27(40)35(16-10-8-15(34)9-11-16)28(41)31(30,33)23(17)19-6-5-7-21(42-4)24(19)37/h5-12,18,20,22-23,37H,13-14H2,1-4H3. The summed E-state index contributed by atoms with van der Waals surface area (Å²) in [6.07, 6.45) is 1.80. The first-order valence-corrected chi connectivity index (χ1v) is 14.4. The van der Waals surface area contributed by atoms with Crippen molar-refractivity contribution in [2.45, 2.75) is 54.8 Å². The Morgan fingerprint density at radius 2 is 1.64 bits per heavy atom. The summed E-state index contributed by atoms with van der Waals surface area (Å²) in [5.41, 5.74) is 0.0360. The summed E-state index contributed by atoms with van der Waals surface area (Å²) >= 11 is 14.6. The average molecular weight is 615 g/mol. The molecule has 0 radical (unpaired) electrons. The van der Waals surface area contributed by atoms with Gasteiger partial charge in [0.2, 0.25) is 11.8 Å². The summed E-state index contributed by atoms with van der Waals surface area (Å²) in [4.78, 5) is 53.9. The molecule has 6 unspecified atom stereocenters. The first-order valence-electron chi connectivity index (χ1n) is 13.6. The van der Waals surface area contributed by atoms with Crippen LogP contribution in [0.2, 0.25) is 0 Å². The van der Waals surface area contributed by atoms with E-state index in [-0.39, 0.29) is 47.4 Å². The molecule has 1 N–H and O–H groups in total. The van der Waals surface area contributed by atoms with E-state index in [4.69, 9.17) is 27.9 Å². The lowest BCUT2D eigenvalue weighted by molar-refractivity contribution is -0.145. The van der Waals surface area contributed by atoms with E-state index in [1.165, 1.54) is 30.2 Å². The number of anilines is 1. The van der Waals surface area contributed by atoms with E-state index in [9.17, 15) is 28.7 Å². The second kappa shape index (κ2) is 9.28. The number of hydrogen-bond donors (Lipinski definition) is 1. The maximum absolute atomic E-state index is 14.3. The van der Waals surface area contributed by atoms with E-state index in [2.05, 4.69) is 0 Å². The number of benzene rings is 2. The number of phenols is 1. The minimum absolute atomic E-state index is 0.0790. The van der Waals surface area contributed by atoms with Crippen molar-refractivity contribution in [1.29, 1.82) is 0 Å². The SMILES string of the molecule is COc1cccc(C2C3=CCC4C(=O)N(C(C)(C)C)C(=O)C4C3CC3(Cl)C(=O)N(c4ccc(F)cc4)C(=O)C23Cl)c1O. The van der Waals surface area contributed by atoms with E-state index in [1.54, 1.807) is 39.0 Å². The molecule has 2 aromatic rings. The third-order valence-electron chi connectivity index (χ3n) is 9.13. The van der Waals surface area contributed by atoms with Crippen LogP contribution in [-0.4, -0.2) is 56.0 Å². The Morgan fingerprint density at radius 1 is 0.976 bits per heavy atom. The minimum Gasteiger partial charge on any atom is -0.504 e. The molecular formula is C31H29Cl2FN2O6. The Bertz CT molecular complexity index is 1590. The van der Waals surface area contributed by atoms with Crippen molar-refractivity contribution in [1.82, 2.24) is 4.90 Å². The van der Waals surface area contributed by atoms with Crippen LogP contribution in [-0.2, 0) is 19.2 Å². The molecule has 220 valence electrons. The number of rotatable bonds is 3. The minimum atomic E-state index is -2.14. The van der Waals surface area contributed by atoms with Gasteiger partial charge in [0.1, 0.15) is 5.82 Å². The quantitative estimate of drug-likeness (QED) is 0.299. The van der Waals surface area contributed by atoms with E-state index < -0.39 is 56.6 Å². The van der Waals surface area contributed by atoms with Crippen LogP contribution in [0.3, 0.4) is 0 Å². The van der Waals surface area contributed by atoms with Crippen molar-refractivity contribution in [2.75, 3.05) is 12.0 Å². The monoisotopic (exact) mass is 614 g/mol. The Hall–Kier alpha value is -3.43. The van der Waals surface area contributed by atoms with Crippen LogP contribution in [0.1, 0.15) is 45.1 Å². The Morgan fingerprint density at radius 3 is 2.26 bits per heavy atom. The van der Waals surface area contributed by atoms with Gasteiger partial charge in [-0.1, -0.05) is 23.8 Å². The largest absolute Gasteiger partial charge is 0.504 e. The highest BCUT2D eigenvalue weighted by molar-refractivity contribution is 6.58. The predicted octanol–water partition coefficient (Wildman–Crippen LogP) is 4.90. The molecule has 0 bridgehead atoms. The molecule has 4 amide bonds. The van der Waals surface area contributed by atoms with Crippen molar-refractivity contribution in [2.24, 2.45) is 17.8 Å². The van der Waals surface area contributed by atoms with Crippen LogP contribution < -0.4 is 9.64 Å². The van der Waals surface area contributed by atoms with Crippen molar-refractivity contribution >= 4 is 52.5 Å². The van der Waals surface area contributed by atoms with Gasteiger partial charge in [-0.05, 0) is 69.9 Å². The van der Waals surface area contributed by atoms with Crippen LogP contribution in [0.4, 0.5) is 10.1 Å². The lowest BCUT2D eigenvalue weighted by Crippen LogP contribution is -2.60. The third-order valence-corrected chi connectivity index (χ3v) is 10.5. The van der Waals surface area contributed by atoms with Gasteiger partial charge < -0.3 is 9.84 Å². The van der Waals surface area contributed by atoms with E-state index in [1.807, 2.05) is 0 Å². The molecule has 0 spiro atoms.